The number of halogens is 5. The van der Waals surface area contributed by atoms with Crippen LogP contribution in [0.25, 0.3) is 27.9 Å². The minimum Gasteiger partial charge on any atom is -0.618 e. The summed E-state index contributed by atoms with van der Waals surface area (Å²) in [6, 6.07) is 11.5. The van der Waals surface area contributed by atoms with E-state index >= 15 is 4.39 Å². The molecule has 1 atom stereocenters. The van der Waals surface area contributed by atoms with Crippen LogP contribution in [0.3, 0.4) is 0 Å². The van der Waals surface area contributed by atoms with Crippen LogP contribution >= 0.6 is 23.2 Å². The summed E-state index contributed by atoms with van der Waals surface area (Å²) in [5.41, 5.74) is 7.58. The molecule has 0 aliphatic rings. The molecule has 2 aromatic carbocycles. The number of carbonyl (C=O) groups is 1. The van der Waals surface area contributed by atoms with E-state index in [1.807, 2.05) is 0 Å². The van der Waals surface area contributed by atoms with Crippen LogP contribution in [0.4, 0.5) is 13.2 Å². The van der Waals surface area contributed by atoms with Crippen molar-refractivity contribution in [3.05, 3.63) is 106 Å². The van der Waals surface area contributed by atoms with Gasteiger partial charge in [-0.15, -0.1) is 4.68 Å². The Morgan fingerprint density at radius 2 is 1.81 bits per heavy atom. The molecule has 0 spiro atoms. The molecule has 1 amide bonds. The van der Waals surface area contributed by atoms with Crippen LogP contribution in [0.2, 0.25) is 10.2 Å². The Bertz CT molecular complexity index is 1750. The van der Waals surface area contributed by atoms with Crippen LogP contribution in [0.15, 0.2) is 73.3 Å². The first-order valence-corrected chi connectivity index (χ1v) is 13.1. The quantitative estimate of drug-likeness (QED) is 0.174. The van der Waals surface area contributed by atoms with Gasteiger partial charge < -0.3 is 15.7 Å². The molecule has 5 aromatic rings. The number of benzene rings is 2. The predicted octanol–water partition coefficient (Wildman–Crippen LogP) is 4.61. The minimum absolute atomic E-state index is 0.00216. The average Bonchev–Trinajstić information content (AvgIpc) is 3.62. The van der Waals surface area contributed by atoms with E-state index in [9.17, 15) is 18.8 Å². The Kier molecular flexibility index (Phi) is 8.43. The van der Waals surface area contributed by atoms with Gasteiger partial charge in [0.25, 0.3) is 0 Å². The van der Waals surface area contributed by atoms with Gasteiger partial charge >= 0.3 is 11.8 Å². The zero-order valence-corrected chi connectivity index (χ0v) is 22.9. The molecule has 0 radical (unpaired) electrons. The third-order valence-electron chi connectivity index (χ3n) is 6.47. The van der Waals surface area contributed by atoms with Crippen molar-refractivity contribution in [2.24, 2.45) is 5.73 Å². The first-order chi connectivity index (χ1) is 20.1. The highest BCUT2D eigenvalue weighted by atomic mass is 35.5. The molecule has 5 rings (SSSR count). The molecule has 10 nitrogen and oxygen atoms in total. The second-order valence-corrected chi connectivity index (χ2v) is 9.84. The number of hydrogen-bond donors (Lipinski definition) is 2. The lowest BCUT2D eigenvalue weighted by atomic mass is 10.0. The van der Waals surface area contributed by atoms with Gasteiger partial charge in [-0.05, 0) is 47.5 Å². The number of aromatic amines is 1. The van der Waals surface area contributed by atoms with Gasteiger partial charge in [-0.1, -0.05) is 28.9 Å². The van der Waals surface area contributed by atoms with Gasteiger partial charge in [0.15, 0.2) is 23.9 Å². The second kappa shape index (κ2) is 12.2. The van der Waals surface area contributed by atoms with E-state index in [1.54, 1.807) is 30.5 Å². The fraction of sp³-hybridized carbons (Fsp3) is 0.148. The lowest BCUT2D eigenvalue weighted by Crippen LogP contribution is -2.36. The summed E-state index contributed by atoms with van der Waals surface area (Å²) in [6.07, 6.45) is 5.70. The Morgan fingerprint density at radius 1 is 1.07 bits per heavy atom. The molecule has 0 aliphatic carbocycles. The highest BCUT2D eigenvalue weighted by Crippen LogP contribution is 2.32. The van der Waals surface area contributed by atoms with E-state index in [0.717, 1.165) is 6.20 Å². The summed E-state index contributed by atoms with van der Waals surface area (Å²) in [7, 11) is 0. The van der Waals surface area contributed by atoms with Crippen LogP contribution in [-0.4, -0.2) is 39.2 Å². The number of carbonyl (C=O) groups excluding carboxylic acids is 1. The van der Waals surface area contributed by atoms with Crippen LogP contribution in [0.1, 0.15) is 28.5 Å². The standard InChI is InChI=1S/C27H20Cl2F3N7O3/c28-19-6-8-22(38-14-23(29)35-36-38)24(25(19)30)17-5-7-21(39(41)13-17)20(9-10-42-27(31)32)37-12-18(11-34-37)15-1-3-16(4-2-15)26(33)40/h1-8,11-14,20,27H,9-10H2,(H2,33,40)/p+1/t20-/m1/s1. The number of rotatable bonds is 10. The number of H-pyrrole nitrogens is 1. The predicted molar refractivity (Wildman–Crippen MR) is 145 cm³/mol. The molecule has 3 heterocycles. The number of nitrogens with zero attached hydrogens (tertiary/aromatic N) is 5. The largest absolute Gasteiger partial charge is 0.618 e. The molecule has 216 valence electrons. The maximum absolute atomic E-state index is 15.3. The molecule has 0 fully saturated rings. The van der Waals surface area contributed by atoms with Crippen molar-refractivity contribution in [1.29, 1.82) is 0 Å². The van der Waals surface area contributed by atoms with E-state index in [4.69, 9.17) is 28.9 Å². The molecule has 3 aromatic heterocycles. The third kappa shape index (κ3) is 6.08. The molecule has 0 bridgehead atoms. The molecular formula is C27H21Cl2F3N7O3+. The van der Waals surface area contributed by atoms with Gasteiger partial charge in [-0.3, -0.25) is 9.48 Å². The SMILES string of the molecule is NC(=O)c1ccc(-c2cnn([C@H](CCOC(F)F)c3ccc(-c4c(-[n+]5cc(Cl)n[nH]5)ccc(Cl)c4F)c[n+]3[O-])c2)cc1. The number of amides is 1. The molecule has 0 aliphatic heterocycles. The zero-order valence-electron chi connectivity index (χ0n) is 21.4. The number of primary amides is 1. The van der Waals surface area contributed by atoms with Crippen molar-refractivity contribution in [1.82, 2.24) is 20.1 Å². The summed E-state index contributed by atoms with van der Waals surface area (Å²) >= 11 is 12.0. The van der Waals surface area contributed by atoms with Crippen molar-refractivity contribution in [2.75, 3.05) is 6.61 Å². The lowest BCUT2D eigenvalue weighted by Gasteiger charge is -2.18. The first-order valence-electron chi connectivity index (χ1n) is 12.3. The molecule has 15 heteroatoms. The fourth-order valence-corrected chi connectivity index (χ4v) is 4.77. The fourth-order valence-electron chi connectivity index (χ4n) is 4.47. The van der Waals surface area contributed by atoms with Crippen molar-refractivity contribution in [3.63, 3.8) is 0 Å². The summed E-state index contributed by atoms with van der Waals surface area (Å²) in [6.45, 7) is -3.38. The maximum Gasteiger partial charge on any atom is 0.345 e. The molecule has 42 heavy (non-hydrogen) atoms. The van der Waals surface area contributed by atoms with Crippen molar-refractivity contribution >= 4 is 29.1 Å². The van der Waals surface area contributed by atoms with Gasteiger partial charge in [0.1, 0.15) is 6.04 Å². The second-order valence-electron chi connectivity index (χ2n) is 9.04. The summed E-state index contributed by atoms with van der Waals surface area (Å²) in [4.78, 5) is 11.4. The number of ether oxygens (including phenoxy) is 1. The van der Waals surface area contributed by atoms with Gasteiger partial charge in [0.05, 0.1) is 34.1 Å². The lowest BCUT2D eigenvalue weighted by molar-refractivity contribution is -0.659. The molecule has 0 saturated carbocycles. The van der Waals surface area contributed by atoms with Gasteiger partial charge in [-0.2, -0.15) is 18.6 Å². The first kappa shape index (κ1) is 29.0. The van der Waals surface area contributed by atoms with E-state index < -0.39 is 24.4 Å². The van der Waals surface area contributed by atoms with Crippen LogP contribution < -0.4 is 15.1 Å². The minimum atomic E-state index is -3.00. The topological polar surface area (TPSA) is 130 Å². The highest BCUT2D eigenvalue weighted by Gasteiger charge is 2.27. The van der Waals surface area contributed by atoms with Crippen molar-refractivity contribution < 1.29 is 32.1 Å². The maximum atomic E-state index is 15.3. The molecular weight excluding hydrogens is 598 g/mol. The Labute approximate surface area is 246 Å². The van der Waals surface area contributed by atoms with Crippen LogP contribution in [-0.2, 0) is 4.74 Å². The van der Waals surface area contributed by atoms with Gasteiger partial charge in [-0.25, -0.2) is 4.39 Å². The van der Waals surface area contributed by atoms with Crippen molar-refractivity contribution in [2.45, 2.75) is 19.1 Å². The summed E-state index contributed by atoms with van der Waals surface area (Å²) < 4.78 is 48.6. The van der Waals surface area contributed by atoms with E-state index in [1.165, 1.54) is 46.0 Å². The number of hydrogen-bond acceptors (Lipinski definition) is 5. The van der Waals surface area contributed by atoms with E-state index in [0.29, 0.717) is 21.4 Å². The molecule has 0 saturated heterocycles. The Morgan fingerprint density at radius 3 is 2.45 bits per heavy atom. The number of alkyl halides is 2. The Hall–Kier alpha value is -4.46. The van der Waals surface area contributed by atoms with E-state index in [-0.39, 0.29) is 45.7 Å². The van der Waals surface area contributed by atoms with Gasteiger partial charge in [0, 0.05) is 29.8 Å². The molecule has 3 N–H and O–H groups in total. The van der Waals surface area contributed by atoms with Crippen LogP contribution in [0, 0.1) is 11.0 Å². The summed E-state index contributed by atoms with van der Waals surface area (Å²) in [5.74, 6) is -1.35. The van der Waals surface area contributed by atoms with Crippen molar-refractivity contribution in [3.8, 4) is 27.9 Å². The van der Waals surface area contributed by atoms with Gasteiger partial charge in [0.2, 0.25) is 11.6 Å². The number of nitrogens with two attached hydrogens (primary N) is 1. The monoisotopic (exact) mass is 618 g/mol. The highest BCUT2D eigenvalue weighted by molar-refractivity contribution is 6.31. The zero-order chi connectivity index (χ0) is 30.0. The van der Waals surface area contributed by atoms with E-state index in [2.05, 4.69) is 20.1 Å². The number of aromatic nitrogens is 6. The number of pyridine rings is 1. The normalized spacial score (nSPS) is 12.1. The Balaban J connectivity index is 1.53. The molecule has 0 unspecified atom stereocenters. The summed E-state index contributed by atoms with van der Waals surface area (Å²) in [5, 5.41) is 24.2. The van der Waals surface area contributed by atoms with Crippen LogP contribution in [0.5, 0.6) is 0 Å². The number of nitrogens with one attached hydrogen (secondary N) is 1. The smallest absolute Gasteiger partial charge is 0.345 e. The average molecular weight is 619 g/mol. The third-order valence-corrected chi connectivity index (χ3v) is 6.94.